The molecular formula is C27H27F3N2O2. The largest absolute Gasteiger partial charge is 0.491 e. The van der Waals surface area contributed by atoms with E-state index in [1.165, 1.54) is 0 Å². The van der Waals surface area contributed by atoms with E-state index in [2.05, 4.69) is 10.6 Å². The molecule has 2 unspecified atom stereocenters. The summed E-state index contributed by atoms with van der Waals surface area (Å²) in [6.45, 7) is 0. The molecule has 4 rings (SSSR count). The van der Waals surface area contributed by atoms with E-state index in [4.69, 9.17) is 4.74 Å². The van der Waals surface area contributed by atoms with Crippen LogP contribution in [0.2, 0.25) is 0 Å². The maximum absolute atomic E-state index is 13.2. The molecule has 34 heavy (non-hydrogen) atoms. The minimum Gasteiger partial charge on any atom is -0.424 e. The number of esters is 1. The van der Waals surface area contributed by atoms with Crippen LogP contribution in [0.1, 0.15) is 48.0 Å². The zero-order valence-electron chi connectivity index (χ0n) is 18.6. The molecule has 0 saturated carbocycles. The van der Waals surface area contributed by atoms with Crippen molar-refractivity contribution in [3.63, 3.8) is 0 Å². The number of aryl methyl sites for hydroxylation is 1. The topological polar surface area (TPSA) is 50.4 Å². The highest BCUT2D eigenvalue weighted by Gasteiger charge is 2.52. The van der Waals surface area contributed by atoms with Gasteiger partial charge in [0.2, 0.25) is 5.85 Å². The van der Waals surface area contributed by atoms with Crippen LogP contribution in [-0.2, 0) is 16.0 Å². The first kappa shape index (κ1) is 24.0. The van der Waals surface area contributed by atoms with Crippen LogP contribution >= 0.6 is 0 Å². The minimum absolute atomic E-state index is 0.189. The molecule has 0 amide bonds. The Morgan fingerprint density at radius 2 is 1.24 bits per heavy atom. The standard InChI is InChI=1S/C27H27F3N2O2/c28-27(29,30)25(33)34-26(19-11-10-14-20-12-4-1-5-13-20)31-23(21-15-6-2-7-16-21)24(32-26)22-17-8-3-9-18-22/h1-9,12-13,15-18,23-24,31-32H,10-11,14,19H2. The van der Waals surface area contributed by atoms with E-state index in [9.17, 15) is 18.0 Å². The number of carbonyl (C=O) groups is 1. The molecule has 1 aliphatic rings. The van der Waals surface area contributed by atoms with Crippen molar-refractivity contribution in [3.05, 3.63) is 108 Å². The van der Waals surface area contributed by atoms with E-state index < -0.39 is 30.1 Å². The van der Waals surface area contributed by atoms with Crippen molar-refractivity contribution in [2.75, 3.05) is 0 Å². The molecule has 2 atom stereocenters. The average Bonchev–Trinajstić information content (AvgIpc) is 3.23. The maximum Gasteiger partial charge on any atom is 0.491 e. The van der Waals surface area contributed by atoms with Gasteiger partial charge in [0.25, 0.3) is 0 Å². The predicted molar refractivity (Wildman–Crippen MR) is 124 cm³/mol. The monoisotopic (exact) mass is 468 g/mol. The molecule has 0 spiro atoms. The predicted octanol–water partition coefficient (Wildman–Crippen LogP) is 5.83. The normalized spacial score (nSPS) is 22.4. The van der Waals surface area contributed by atoms with E-state index in [1.54, 1.807) is 0 Å². The van der Waals surface area contributed by atoms with Gasteiger partial charge in [-0.25, -0.2) is 4.79 Å². The third kappa shape index (κ3) is 5.85. The number of unbranched alkanes of at least 4 members (excludes halogenated alkanes) is 1. The van der Waals surface area contributed by atoms with Gasteiger partial charge in [0.1, 0.15) is 0 Å². The van der Waals surface area contributed by atoms with Crippen molar-refractivity contribution in [1.82, 2.24) is 10.6 Å². The van der Waals surface area contributed by atoms with Gasteiger partial charge >= 0.3 is 12.1 Å². The molecule has 1 heterocycles. The Morgan fingerprint density at radius 3 is 1.71 bits per heavy atom. The summed E-state index contributed by atoms with van der Waals surface area (Å²) >= 11 is 0. The van der Waals surface area contributed by atoms with Gasteiger partial charge in [-0.1, -0.05) is 91.0 Å². The van der Waals surface area contributed by atoms with Gasteiger partial charge in [-0.05, 0) is 36.0 Å². The van der Waals surface area contributed by atoms with Gasteiger partial charge in [0.05, 0.1) is 12.1 Å². The van der Waals surface area contributed by atoms with Gasteiger partial charge in [-0.15, -0.1) is 0 Å². The van der Waals surface area contributed by atoms with Gasteiger partial charge in [-0.3, -0.25) is 10.6 Å². The van der Waals surface area contributed by atoms with E-state index in [1.807, 2.05) is 91.0 Å². The van der Waals surface area contributed by atoms with Crippen LogP contribution in [0.3, 0.4) is 0 Å². The molecule has 1 fully saturated rings. The first-order valence-corrected chi connectivity index (χ1v) is 11.4. The smallest absolute Gasteiger partial charge is 0.424 e. The lowest BCUT2D eigenvalue weighted by Gasteiger charge is -2.31. The molecule has 3 aromatic carbocycles. The second-order valence-corrected chi connectivity index (χ2v) is 8.47. The summed E-state index contributed by atoms with van der Waals surface area (Å²) in [5.41, 5.74) is 2.93. The molecular weight excluding hydrogens is 441 g/mol. The summed E-state index contributed by atoms with van der Waals surface area (Å²) in [6, 6.07) is 28.0. The van der Waals surface area contributed by atoms with Crippen molar-refractivity contribution in [2.45, 2.75) is 49.8 Å². The van der Waals surface area contributed by atoms with Crippen LogP contribution in [0, 0.1) is 0 Å². The summed E-state index contributed by atoms with van der Waals surface area (Å²) in [7, 11) is 0. The summed E-state index contributed by atoms with van der Waals surface area (Å²) in [5, 5.41) is 6.43. The van der Waals surface area contributed by atoms with E-state index in [-0.39, 0.29) is 6.42 Å². The summed E-state index contributed by atoms with van der Waals surface area (Å²) < 4.78 is 44.7. The number of benzene rings is 3. The Bertz CT molecular complexity index is 1010. The fraction of sp³-hybridized carbons (Fsp3) is 0.296. The van der Waals surface area contributed by atoms with Gasteiger partial charge in [0.15, 0.2) is 0 Å². The molecule has 0 aliphatic carbocycles. The number of nitrogens with one attached hydrogen (secondary N) is 2. The number of rotatable bonds is 8. The maximum atomic E-state index is 13.2. The van der Waals surface area contributed by atoms with Crippen molar-refractivity contribution < 1.29 is 22.7 Å². The average molecular weight is 469 g/mol. The van der Waals surface area contributed by atoms with Crippen molar-refractivity contribution >= 4 is 5.97 Å². The van der Waals surface area contributed by atoms with Gasteiger partial charge < -0.3 is 4.74 Å². The Hall–Kier alpha value is -3.16. The summed E-state index contributed by atoms with van der Waals surface area (Å²) in [6.07, 6.45) is -2.82. The highest BCUT2D eigenvalue weighted by atomic mass is 19.4. The van der Waals surface area contributed by atoms with Crippen molar-refractivity contribution in [2.24, 2.45) is 0 Å². The fourth-order valence-electron chi connectivity index (χ4n) is 4.40. The molecule has 0 radical (unpaired) electrons. The van der Waals surface area contributed by atoms with Crippen LogP contribution in [0.15, 0.2) is 91.0 Å². The third-order valence-corrected chi connectivity index (χ3v) is 6.01. The first-order chi connectivity index (χ1) is 16.4. The van der Waals surface area contributed by atoms with Gasteiger partial charge in [0, 0.05) is 6.42 Å². The summed E-state index contributed by atoms with van der Waals surface area (Å²) in [5.74, 6) is -3.86. The molecule has 1 saturated heterocycles. The van der Waals surface area contributed by atoms with E-state index in [0.29, 0.717) is 6.42 Å². The molecule has 0 aromatic heterocycles. The highest BCUT2D eigenvalue weighted by molar-refractivity contribution is 5.76. The Balaban J connectivity index is 1.59. The van der Waals surface area contributed by atoms with E-state index >= 15 is 0 Å². The number of carbonyl (C=O) groups excluding carboxylic acids is 1. The Morgan fingerprint density at radius 1 is 0.765 bits per heavy atom. The van der Waals surface area contributed by atoms with Crippen LogP contribution in [0.5, 0.6) is 0 Å². The zero-order chi connectivity index (χ0) is 24.0. The molecule has 4 nitrogen and oxygen atoms in total. The number of ether oxygens (including phenoxy) is 1. The third-order valence-electron chi connectivity index (χ3n) is 6.01. The van der Waals surface area contributed by atoms with Crippen LogP contribution < -0.4 is 10.6 Å². The lowest BCUT2D eigenvalue weighted by Crippen LogP contribution is -2.55. The highest BCUT2D eigenvalue weighted by Crippen LogP contribution is 2.40. The fourth-order valence-corrected chi connectivity index (χ4v) is 4.40. The zero-order valence-corrected chi connectivity index (χ0v) is 18.6. The quantitative estimate of drug-likeness (QED) is 0.322. The lowest BCUT2D eigenvalue weighted by atomic mass is 9.95. The summed E-state index contributed by atoms with van der Waals surface area (Å²) in [4.78, 5) is 11.9. The number of alkyl halides is 3. The second-order valence-electron chi connectivity index (χ2n) is 8.47. The van der Waals surface area contributed by atoms with E-state index in [0.717, 1.165) is 29.5 Å². The molecule has 2 N–H and O–H groups in total. The SMILES string of the molecule is O=C(OC1(CCCCc2ccccc2)NC(c2ccccc2)C(c2ccccc2)N1)C(F)(F)F. The first-order valence-electron chi connectivity index (χ1n) is 11.4. The molecule has 3 aromatic rings. The van der Waals surface area contributed by atoms with Crippen LogP contribution in [-0.4, -0.2) is 18.0 Å². The second kappa shape index (κ2) is 10.4. The van der Waals surface area contributed by atoms with Crippen molar-refractivity contribution in [1.29, 1.82) is 0 Å². The molecule has 178 valence electrons. The Labute approximate surface area is 197 Å². The Kier molecular flexibility index (Phi) is 7.34. The number of hydrogen-bond donors (Lipinski definition) is 2. The lowest BCUT2D eigenvalue weighted by molar-refractivity contribution is -0.219. The molecule has 1 aliphatic heterocycles. The van der Waals surface area contributed by atoms with Gasteiger partial charge in [-0.2, -0.15) is 13.2 Å². The van der Waals surface area contributed by atoms with Crippen molar-refractivity contribution in [3.8, 4) is 0 Å². The molecule has 0 bridgehead atoms. The number of hydrogen-bond acceptors (Lipinski definition) is 4. The number of halogens is 3. The van der Waals surface area contributed by atoms with Crippen LogP contribution in [0.25, 0.3) is 0 Å². The molecule has 7 heteroatoms. The minimum atomic E-state index is -5.09. The van der Waals surface area contributed by atoms with Crippen LogP contribution in [0.4, 0.5) is 13.2 Å².